The van der Waals surface area contributed by atoms with Crippen molar-refractivity contribution in [2.45, 2.75) is 52.0 Å². The van der Waals surface area contributed by atoms with E-state index in [-0.39, 0.29) is 24.0 Å². The van der Waals surface area contributed by atoms with Gasteiger partial charge in [0.1, 0.15) is 12.4 Å². The first-order valence-corrected chi connectivity index (χ1v) is 5.84. The minimum Gasteiger partial charge on any atom is -0.240 e. The number of hydrogen-bond donors (Lipinski definition) is 0. The first-order chi connectivity index (χ1) is 6.83. The number of halogens is 1. The molecule has 2 nitrogen and oxygen atoms in total. The lowest BCUT2D eigenvalue weighted by Gasteiger charge is -1.98. The standard InChI is InChI=1S/C12H23N2.H2I/c1-3-4-5-6-7-8-9-14-11-10-13(2)12-14;/h10-12H,3-9H2,1-2H3;1H2/q2*+1. The number of imidazole rings is 1. The lowest BCUT2D eigenvalue weighted by Crippen LogP contribution is -3.00. The molecule has 0 unspecified atom stereocenters. The molecule has 88 valence electrons. The van der Waals surface area contributed by atoms with Crippen LogP contribution >= 0.6 is 0 Å². The lowest BCUT2D eigenvalue weighted by atomic mass is 10.1. The van der Waals surface area contributed by atoms with Gasteiger partial charge < -0.3 is 0 Å². The minimum atomic E-state index is 0. The van der Waals surface area contributed by atoms with Gasteiger partial charge in [0.2, 0.25) is 30.3 Å². The molecule has 0 radical (unpaired) electrons. The van der Waals surface area contributed by atoms with Crippen LogP contribution in [0.4, 0.5) is 0 Å². The fourth-order valence-electron chi connectivity index (χ4n) is 1.71. The highest BCUT2D eigenvalue weighted by Gasteiger charge is 1.98. The number of aromatic nitrogens is 2. The molecule has 1 aromatic rings. The topological polar surface area (TPSA) is 8.81 Å². The molecule has 1 heterocycles. The van der Waals surface area contributed by atoms with E-state index in [1.807, 2.05) is 0 Å². The van der Waals surface area contributed by atoms with Crippen molar-refractivity contribution < 1.29 is 28.5 Å². The molecule has 0 aromatic carbocycles. The highest BCUT2D eigenvalue weighted by molar-refractivity contribution is 4.65. The van der Waals surface area contributed by atoms with E-state index in [1.165, 1.54) is 45.1 Å². The molecule has 3 heteroatoms. The number of aryl methyl sites for hydroxylation is 2. The molecule has 0 aliphatic rings. The molecule has 0 fully saturated rings. The summed E-state index contributed by atoms with van der Waals surface area (Å²) < 4.78 is 4.36. The van der Waals surface area contributed by atoms with Gasteiger partial charge in [0, 0.05) is 0 Å². The Hall–Kier alpha value is -0.0600. The van der Waals surface area contributed by atoms with Gasteiger partial charge >= 0.3 is 0 Å². The summed E-state index contributed by atoms with van der Waals surface area (Å²) in [6.45, 7) is 3.44. The molecule has 0 saturated carbocycles. The average molecular weight is 324 g/mol. The molecular formula is C12H25IN2+2. The van der Waals surface area contributed by atoms with E-state index in [1.54, 1.807) is 0 Å². The molecule has 0 amide bonds. The summed E-state index contributed by atoms with van der Waals surface area (Å²) in [5.74, 6) is 0. The van der Waals surface area contributed by atoms with Crippen LogP contribution in [0.25, 0.3) is 0 Å². The Morgan fingerprint density at radius 3 is 2.33 bits per heavy atom. The highest BCUT2D eigenvalue weighted by atomic mass is 127. The Morgan fingerprint density at radius 2 is 1.73 bits per heavy atom. The molecule has 0 spiro atoms. The van der Waals surface area contributed by atoms with Crippen molar-refractivity contribution in [3.63, 3.8) is 0 Å². The maximum absolute atomic E-state index is 2.26. The first kappa shape index (κ1) is 14.9. The van der Waals surface area contributed by atoms with Gasteiger partial charge in [-0.3, -0.25) is 0 Å². The van der Waals surface area contributed by atoms with Crippen molar-refractivity contribution in [2.75, 3.05) is 0 Å². The molecule has 0 aliphatic heterocycles. The van der Waals surface area contributed by atoms with Crippen LogP contribution in [-0.2, 0) is 13.6 Å². The monoisotopic (exact) mass is 324 g/mol. The summed E-state index contributed by atoms with van der Waals surface area (Å²) in [6, 6.07) is 0. The van der Waals surface area contributed by atoms with Crippen LogP contribution in [0.2, 0.25) is 0 Å². The van der Waals surface area contributed by atoms with Crippen LogP contribution in [-0.4, -0.2) is 4.57 Å². The third-order valence-corrected chi connectivity index (χ3v) is 2.59. The Balaban J connectivity index is 0.00000196. The molecular weight excluding hydrogens is 299 g/mol. The predicted octanol–water partition coefficient (Wildman–Crippen LogP) is -0.858. The van der Waals surface area contributed by atoms with Gasteiger partial charge in [0.15, 0.2) is 0 Å². The van der Waals surface area contributed by atoms with E-state index in [2.05, 4.69) is 41.8 Å². The summed E-state index contributed by atoms with van der Waals surface area (Å²) in [4.78, 5) is 0. The van der Waals surface area contributed by atoms with Crippen LogP contribution in [0.1, 0.15) is 45.4 Å². The van der Waals surface area contributed by atoms with Gasteiger partial charge in [-0.2, -0.15) is 0 Å². The quantitative estimate of drug-likeness (QED) is 0.351. The van der Waals surface area contributed by atoms with E-state index in [0.717, 1.165) is 0 Å². The normalized spacial score (nSPS) is 10.0. The largest absolute Gasteiger partial charge is 0.243 e. The van der Waals surface area contributed by atoms with E-state index >= 15 is 0 Å². The van der Waals surface area contributed by atoms with Gasteiger partial charge in [-0.05, 0) is 12.8 Å². The highest BCUT2D eigenvalue weighted by Crippen LogP contribution is 2.05. The summed E-state index contributed by atoms with van der Waals surface area (Å²) in [5, 5.41) is 0. The Morgan fingerprint density at radius 1 is 1.07 bits per heavy atom. The zero-order chi connectivity index (χ0) is 10.2. The zero-order valence-corrected chi connectivity index (χ0v) is 12.6. The van der Waals surface area contributed by atoms with Gasteiger partial charge in [-0.1, -0.05) is 32.6 Å². The lowest BCUT2D eigenvalue weighted by molar-refractivity contribution is -0.671. The summed E-state index contributed by atoms with van der Waals surface area (Å²) in [6.07, 6.45) is 14.6. The average Bonchev–Trinajstić information content (AvgIpc) is 2.58. The van der Waals surface area contributed by atoms with Crippen LogP contribution < -0.4 is 28.5 Å². The Bertz CT molecular complexity index is 246. The zero-order valence-electron chi connectivity index (χ0n) is 10.0. The summed E-state index contributed by atoms with van der Waals surface area (Å²) in [7, 11) is 2.07. The maximum Gasteiger partial charge on any atom is 0.243 e. The fourth-order valence-corrected chi connectivity index (χ4v) is 1.71. The van der Waals surface area contributed by atoms with Crippen molar-refractivity contribution in [3.05, 3.63) is 18.7 Å². The molecule has 0 aliphatic carbocycles. The number of rotatable bonds is 7. The van der Waals surface area contributed by atoms with E-state index in [0.29, 0.717) is 0 Å². The van der Waals surface area contributed by atoms with Crippen LogP contribution in [0.3, 0.4) is 0 Å². The van der Waals surface area contributed by atoms with Gasteiger partial charge in [0.05, 0.1) is 13.6 Å². The molecule has 15 heavy (non-hydrogen) atoms. The van der Waals surface area contributed by atoms with E-state index in [4.69, 9.17) is 0 Å². The maximum atomic E-state index is 2.26. The van der Waals surface area contributed by atoms with Gasteiger partial charge in [0.25, 0.3) is 0 Å². The molecule has 1 aromatic heterocycles. The van der Waals surface area contributed by atoms with Crippen molar-refractivity contribution in [3.8, 4) is 0 Å². The van der Waals surface area contributed by atoms with Crippen LogP contribution in [0, 0.1) is 0 Å². The van der Waals surface area contributed by atoms with Crippen molar-refractivity contribution in [1.29, 1.82) is 0 Å². The van der Waals surface area contributed by atoms with E-state index in [9.17, 15) is 0 Å². The summed E-state index contributed by atoms with van der Waals surface area (Å²) in [5.41, 5.74) is 0. The molecule has 0 N–H and O–H groups in total. The number of hydrogen-bond acceptors (Lipinski definition) is 0. The van der Waals surface area contributed by atoms with Gasteiger partial charge in [-0.25, -0.2) is 9.13 Å². The number of nitrogens with zero attached hydrogens (tertiary/aromatic N) is 2. The molecule has 0 atom stereocenters. The second-order valence-electron chi connectivity index (χ2n) is 4.08. The first-order valence-electron chi connectivity index (χ1n) is 5.84. The third kappa shape index (κ3) is 6.93. The van der Waals surface area contributed by atoms with Crippen LogP contribution in [0.15, 0.2) is 18.7 Å². The minimum absolute atomic E-state index is 0. The second kappa shape index (κ2) is 9.19. The van der Waals surface area contributed by atoms with E-state index < -0.39 is 0 Å². The summed E-state index contributed by atoms with van der Waals surface area (Å²) >= 11 is 0. The molecule has 0 bridgehead atoms. The second-order valence-corrected chi connectivity index (χ2v) is 4.08. The Labute approximate surface area is 111 Å². The van der Waals surface area contributed by atoms with Crippen molar-refractivity contribution >= 4 is 0 Å². The Kier molecular flexibility index (Phi) is 9.15. The predicted molar refractivity (Wildman–Crippen MR) is 61.8 cm³/mol. The third-order valence-electron chi connectivity index (χ3n) is 2.59. The smallest absolute Gasteiger partial charge is 0.240 e. The molecule has 0 saturated heterocycles. The fraction of sp³-hybridized carbons (Fsp3) is 0.750. The SMILES string of the molecule is CCCCCCCCn1cc[n+](C)c1.[IH2+]. The number of unbranched alkanes of at least 4 members (excludes halogenated alkanes) is 5. The van der Waals surface area contributed by atoms with Crippen molar-refractivity contribution in [2.24, 2.45) is 7.05 Å². The molecule has 1 rings (SSSR count). The van der Waals surface area contributed by atoms with Gasteiger partial charge in [-0.15, -0.1) is 0 Å². The van der Waals surface area contributed by atoms with Crippen LogP contribution in [0.5, 0.6) is 0 Å². The van der Waals surface area contributed by atoms with Crippen molar-refractivity contribution in [1.82, 2.24) is 4.57 Å².